The van der Waals surface area contributed by atoms with Crippen LogP contribution in [0.5, 0.6) is 0 Å². The number of aromatic nitrogens is 1. The van der Waals surface area contributed by atoms with E-state index in [0.29, 0.717) is 19.5 Å². The quantitative estimate of drug-likeness (QED) is 0.840. The van der Waals surface area contributed by atoms with Crippen LogP contribution in [0, 0.1) is 0 Å². The second-order valence-corrected chi connectivity index (χ2v) is 4.36. The van der Waals surface area contributed by atoms with Crippen LogP contribution in [0.15, 0.2) is 18.3 Å². The van der Waals surface area contributed by atoms with Crippen molar-refractivity contribution in [1.82, 2.24) is 15.2 Å². The molecule has 0 radical (unpaired) electrons. The molecule has 0 atom stereocenters. The van der Waals surface area contributed by atoms with E-state index in [1.54, 1.807) is 0 Å². The zero-order valence-corrected chi connectivity index (χ0v) is 10.4. The van der Waals surface area contributed by atoms with Crippen LogP contribution < -0.4 is 5.32 Å². The number of amides is 2. The summed E-state index contributed by atoms with van der Waals surface area (Å²) in [5.41, 5.74) is -1.02. The minimum absolute atomic E-state index is 0.0349. The highest BCUT2D eigenvalue weighted by Gasteiger charge is 2.32. The second-order valence-electron chi connectivity index (χ2n) is 4.36. The molecule has 1 aliphatic rings. The van der Waals surface area contributed by atoms with Crippen molar-refractivity contribution in [1.29, 1.82) is 0 Å². The lowest BCUT2D eigenvalue weighted by molar-refractivity contribution is -0.141. The number of carbonyl (C=O) groups excluding carboxylic acids is 2. The Bertz CT molecular complexity index is 514. The van der Waals surface area contributed by atoms with Crippen molar-refractivity contribution in [3.8, 4) is 0 Å². The second kappa shape index (κ2) is 5.48. The number of nitrogens with zero attached hydrogens (tertiary/aromatic N) is 2. The molecular weight excluding hydrogens is 275 g/mol. The summed E-state index contributed by atoms with van der Waals surface area (Å²) < 4.78 is 37.1. The smallest absolute Gasteiger partial charge is 0.354 e. The van der Waals surface area contributed by atoms with Crippen LogP contribution in [0.2, 0.25) is 0 Å². The third-order valence-electron chi connectivity index (χ3n) is 2.85. The lowest BCUT2D eigenvalue weighted by atomic mass is 10.2. The highest BCUT2D eigenvalue weighted by atomic mass is 19.4. The van der Waals surface area contributed by atoms with Gasteiger partial charge in [-0.25, -0.2) is 0 Å². The van der Waals surface area contributed by atoms with Crippen molar-refractivity contribution in [3.63, 3.8) is 0 Å². The predicted octanol–water partition coefficient (Wildman–Crippen LogP) is 1.06. The van der Waals surface area contributed by atoms with E-state index in [4.69, 9.17) is 0 Å². The van der Waals surface area contributed by atoms with Crippen LogP contribution in [-0.4, -0.2) is 41.3 Å². The third-order valence-corrected chi connectivity index (χ3v) is 2.85. The van der Waals surface area contributed by atoms with Crippen molar-refractivity contribution >= 4 is 11.8 Å². The first kappa shape index (κ1) is 14.3. The Labute approximate surface area is 112 Å². The van der Waals surface area contributed by atoms with Gasteiger partial charge < -0.3 is 10.2 Å². The van der Waals surface area contributed by atoms with Crippen molar-refractivity contribution in [2.45, 2.75) is 12.6 Å². The van der Waals surface area contributed by atoms with Crippen LogP contribution >= 0.6 is 0 Å². The third kappa shape index (κ3) is 3.25. The van der Waals surface area contributed by atoms with Gasteiger partial charge in [-0.3, -0.25) is 14.6 Å². The fourth-order valence-corrected chi connectivity index (χ4v) is 1.85. The molecule has 1 N–H and O–H groups in total. The van der Waals surface area contributed by atoms with E-state index in [2.05, 4.69) is 10.3 Å². The molecule has 1 aromatic heterocycles. The molecule has 5 nitrogen and oxygen atoms in total. The molecule has 8 heteroatoms. The summed E-state index contributed by atoms with van der Waals surface area (Å²) in [5.74, 6) is -0.779. The molecule has 2 amide bonds. The van der Waals surface area contributed by atoms with E-state index >= 15 is 0 Å². The minimum Gasteiger partial charge on any atom is -0.354 e. The minimum atomic E-state index is -4.54. The lowest BCUT2D eigenvalue weighted by Crippen LogP contribution is -2.37. The van der Waals surface area contributed by atoms with Gasteiger partial charge in [0, 0.05) is 19.3 Å². The van der Waals surface area contributed by atoms with E-state index in [-0.39, 0.29) is 18.0 Å². The molecule has 1 saturated heterocycles. The Morgan fingerprint density at radius 1 is 1.35 bits per heavy atom. The number of nitrogens with one attached hydrogen (secondary N) is 1. The highest BCUT2D eigenvalue weighted by Crippen LogP contribution is 2.27. The van der Waals surface area contributed by atoms with E-state index in [1.165, 1.54) is 4.90 Å². The first-order chi connectivity index (χ1) is 9.38. The summed E-state index contributed by atoms with van der Waals surface area (Å²) in [6.07, 6.45) is -3.05. The van der Waals surface area contributed by atoms with Crippen LogP contribution in [0.4, 0.5) is 13.2 Å². The average molecular weight is 287 g/mol. The summed E-state index contributed by atoms with van der Waals surface area (Å²) in [6.45, 7) is 0.756. The maximum absolute atomic E-state index is 12.4. The molecule has 0 unspecified atom stereocenters. The number of halogens is 3. The van der Waals surface area contributed by atoms with Crippen LogP contribution in [-0.2, 0) is 11.0 Å². The van der Waals surface area contributed by atoms with Crippen molar-refractivity contribution in [3.05, 3.63) is 29.6 Å². The maximum Gasteiger partial charge on any atom is 0.433 e. The Morgan fingerprint density at radius 2 is 2.10 bits per heavy atom. The van der Waals surface area contributed by atoms with Gasteiger partial charge in [0.05, 0.1) is 12.1 Å². The van der Waals surface area contributed by atoms with Crippen molar-refractivity contribution in [2.75, 3.05) is 19.6 Å². The van der Waals surface area contributed by atoms with Crippen LogP contribution in [0.1, 0.15) is 22.5 Å². The average Bonchev–Trinajstić information content (AvgIpc) is 2.62. The fraction of sp³-hybridized carbons (Fsp3) is 0.417. The summed E-state index contributed by atoms with van der Waals surface area (Å²) in [4.78, 5) is 28.0. The van der Waals surface area contributed by atoms with Gasteiger partial charge in [0.25, 0.3) is 5.91 Å². The molecule has 0 saturated carbocycles. The summed E-state index contributed by atoms with van der Waals surface area (Å²) in [5, 5.41) is 2.61. The zero-order chi connectivity index (χ0) is 14.8. The largest absolute Gasteiger partial charge is 0.433 e. The first-order valence-corrected chi connectivity index (χ1v) is 5.97. The molecule has 0 aromatic carbocycles. The molecule has 0 bridgehead atoms. The predicted molar refractivity (Wildman–Crippen MR) is 62.8 cm³/mol. The fourth-order valence-electron chi connectivity index (χ4n) is 1.85. The van der Waals surface area contributed by atoms with E-state index in [0.717, 1.165) is 18.3 Å². The normalized spacial score (nSPS) is 16.6. The van der Waals surface area contributed by atoms with Gasteiger partial charge in [0.15, 0.2) is 0 Å². The molecule has 0 aliphatic carbocycles. The molecule has 108 valence electrons. The first-order valence-electron chi connectivity index (χ1n) is 5.97. The van der Waals surface area contributed by atoms with Gasteiger partial charge in [-0.1, -0.05) is 0 Å². The molecule has 1 aliphatic heterocycles. The van der Waals surface area contributed by atoms with Crippen molar-refractivity contribution < 1.29 is 22.8 Å². The molecule has 2 rings (SSSR count). The van der Waals surface area contributed by atoms with Gasteiger partial charge in [-0.2, -0.15) is 13.2 Å². The van der Waals surface area contributed by atoms with E-state index in [1.807, 2.05) is 0 Å². The molecule has 20 heavy (non-hydrogen) atoms. The number of alkyl halides is 3. The van der Waals surface area contributed by atoms with E-state index < -0.39 is 17.8 Å². The Kier molecular flexibility index (Phi) is 3.91. The Balaban J connectivity index is 2.14. The number of pyridine rings is 1. The van der Waals surface area contributed by atoms with Crippen LogP contribution in [0.25, 0.3) is 0 Å². The number of carbonyl (C=O) groups is 2. The van der Waals surface area contributed by atoms with Gasteiger partial charge in [-0.05, 0) is 18.6 Å². The van der Waals surface area contributed by atoms with Gasteiger partial charge >= 0.3 is 6.18 Å². The lowest BCUT2D eigenvalue weighted by Gasteiger charge is -2.18. The Hall–Kier alpha value is -2.12. The van der Waals surface area contributed by atoms with Gasteiger partial charge in [0.1, 0.15) is 5.69 Å². The zero-order valence-electron chi connectivity index (χ0n) is 10.4. The maximum atomic E-state index is 12.4. The SMILES string of the molecule is O=C1CN(C(=O)c2ccc(C(F)(F)F)nc2)CCCN1. The number of rotatable bonds is 1. The monoisotopic (exact) mass is 287 g/mol. The number of hydrogen-bond donors (Lipinski definition) is 1. The highest BCUT2D eigenvalue weighted by molar-refractivity contribution is 5.96. The standard InChI is InChI=1S/C12H12F3N3O2/c13-12(14,15)9-3-2-8(6-17-9)11(20)18-5-1-4-16-10(19)7-18/h2-3,6H,1,4-5,7H2,(H,16,19). The van der Waals surface area contributed by atoms with Crippen LogP contribution in [0.3, 0.4) is 0 Å². The van der Waals surface area contributed by atoms with Crippen molar-refractivity contribution in [2.24, 2.45) is 0 Å². The molecule has 2 heterocycles. The molecular formula is C12H12F3N3O2. The van der Waals surface area contributed by atoms with Gasteiger partial charge in [0.2, 0.25) is 5.91 Å². The Morgan fingerprint density at radius 3 is 2.70 bits per heavy atom. The molecule has 1 aromatic rings. The van der Waals surface area contributed by atoms with Gasteiger partial charge in [-0.15, -0.1) is 0 Å². The summed E-state index contributed by atoms with van der Waals surface area (Å²) >= 11 is 0. The summed E-state index contributed by atoms with van der Waals surface area (Å²) in [7, 11) is 0. The molecule has 1 fully saturated rings. The van der Waals surface area contributed by atoms with E-state index in [9.17, 15) is 22.8 Å². The topological polar surface area (TPSA) is 62.3 Å². The number of hydrogen-bond acceptors (Lipinski definition) is 3. The molecule has 0 spiro atoms. The summed E-state index contributed by atoms with van der Waals surface area (Å²) in [6, 6.07) is 1.83.